The summed E-state index contributed by atoms with van der Waals surface area (Å²) in [7, 11) is 4.67. The molecule has 0 saturated carbocycles. The lowest BCUT2D eigenvalue weighted by molar-refractivity contribution is 0.103. The number of ether oxygens (including phenoxy) is 3. The van der Waals surface area contributed by atoms with Crippen molar-refractivity contribution in [2.24, 2.45) is 0 Å². The topological polar surface area (TPSA) is 44.8 Å². The average Bonchev–Trinajstić information content (AvgIpc) is 2.53. The molecular weight excluding hydrogens is 268 g/mol. The Hall–Kier alpha value is -2.49. The van der Waals surface area contributed by atoms with E-state index >= 15 is 0 Å². The zero-order chi connectivity index (χ0) is 15.4. The first-order valence-electron chi connectivity index (χ1n) is 6.52. The lowest BCUT2D eigenvalue weighted by Gasteiger charge is -2.13. The lowest BCUT2D eigenvalue weighted by Crippen LogP contribution is -2.08. The fraction of sp³-hybridized carbons (Fsp3) is 0.235. The molecule has 0 aliphatic heterocycles. The molecule has 0 spiro atoms. The summed E-state index contributed by atoms with van der Waals surface area (Å²) in [5.74, 6) is 1.57. The molecule has 2 aromatic rings. The highest BCUT2D eigenvalue weighted by Crippen LogP contribution is 2.31. The van der Waals surface area contributed by atoms with Crippen molar-refractivity contribution < 1.29 is 19.0 Å². The molecule has 0 heterocycles. The van der Waals surface area contributed by atoms with Crippen LogP contribution in [0.3, 0.4) is 0 Å². The molecule has 0 aliphatic rings. The van der Waals surface area contributed by atoms with Gasteiger partial charge in [0, 0.05) is 5.56 Å². The molecular formula is C17H18O4. The molecule has 21 heavy (non-hydrogen) atoms. The Morgan fingerprint density at radius 1 is 0.905 bits per heavy atom. The summed E-state index contributed by atoms with van der Waals surface area (Å²) in [6.45, 7) is 1.87. The second kappa shape index (κ2) is 6.31. The minimum Gasteiger partial charge on any atom is -0.497 e. The van der Waals surface area contributed by atoms with Gasteiger partial charge in [-0.15, -0.1) is 0 Å². The minimum atomic E-state index is -0.135. The van der Waals surface area contributed by atoms with Crippen LogP contribution in [0, 0.1) is 6.92 Å². The number of hydrogen-bond donors (Lipinski definition) is 0. The second-order valence-electron chi connectivity index (χ2n) is 4.55. The van der Waals surface area contributed by atoms with Crippen molar-refractivity contribution in [2.45, 2.75) is 6.92 Å². The number of rotatable bonds is 5. The van der Waals surface area contributed by atoms with Crippen LogP contribution >= 0.6 is 0 Å². The van der Waals surface area contributed by atoms with Gasteiger partial charge in [0.25, 0.3) is 0 Å². The van der Waals surface area contributed by atoms with Gasteiger partial charge in [-0.25, -0.2) is 0 Å². The predicted molar refractivity (Wildman–Crippen MR) is 80.7 cm³/mol. The van der Waals surface area contributed by atoms with E-state index in [1.807, 2.05) is 13.0 Å². The molecule has 4 heteroatoms. The van der Waals surface area contributed by atoms with Gasteiger partial charge in [-0.3, -0.25) is 4.79 Å². The molecule has 2 aromatic carbocycles. The number of carbonyl (C=O) groups is 1. The normalized spacial score (nSPS) is 10.1. The second-order valence-corrected chi connectivity index (χ2v) is 4.55. The third kappa shape index (κ3) is 2.84. The molecule has 110 valence electrons. The van der Waals surface area contributed by atoms with E-state index in [9.17, 15) is 4.79 Å². The Morgan fingerprint density at radius 3 is 2.00 bits per heavy atom. The fourth-order valence-electron chi connectivity index (χ4n) is 2.23. The zero-order valence-corrected chi connectivity index (χ0v) is 12.6. The SMILES string of the molecule is COc1ccc(C(=O)c2c(OC)cccc2OC)c(C)c1. The Labute approximate surface area is 124 Å². The number of carbonyl (C=O) groups excluding carboxylic acids is 1. The number of methoxy groups -OCH3 is 3. The number of aryl methyl sites for hydroxylation is 1. The van der Waals surface area contributed by atoms with Crippen LogP contribution in [-0.4, -0.2) is 27.1 Å². The standard InChI is InChI=1S/C17H18O4/c1-11-10-12(19-2)8-9-13(11)17(18)16-14(20-3)6-5-7-15(16)21-4/h5-10H,1-4H3. The van der Waals surface area contributed by atoms with E-state index < -0.39 is 0 Å². The summed E-state index contributed by atoms with van der Waals surface area (Å²) in [6.07, 6.45) is 0. The molecule has 0 N–H and O–H groups in total. The molecule has 0 saturated heterocycles. The van der Waals surface area contributed by atoms with Crippen molar-refractivity contribution in [2.75, 3.05) is 21.3 Å². The van der Waals surface area contributed by atoms with E-state index in [0.29, 0.717) is 22.6 Å². The maximum Gasteiger partial charge on any atom is 0.200 e. The lowest BCUT2D eigenvalue weighted by atomic mass is 9.97. The summed E-state index contributed by atoms with van der Waals surface area (Å²) >= 11 is 0. The maximum atomic E-state index is 12.8. The van der Waals surface area contributed by atoms with Gasteiger partial charge in [0.05, 0.1) is 21.3 Å². The largest absolute Gasteiger partial charge is 0.497 e. The third-order valence-corrected chi connectivity index (χ3v) is 3.33. The first kappa shape index (κ1) is 14.9. The van der Waals surface area contributed by atoms with E-state index in [1.165, 1.54) is 14.2 Å². The van der Waals surface area contributed by atoms with Crippen LogP contribution in [0.5, 0.6) is 17.2 Å². The van der Waals surface area contributed by atoms with Gasteiger partial charge >= 0.3 is 0 Å². The van der Waals surface area contributed by atoms with E-state index in [0.717, 1.165) is 11.3 Å². The van der Waals surface area contributed by atoms with E-state index in [-0.39, 0.29) is 5.78 Å². The summed E-state index contributed by atoms with van der Waals surface area (Å²) in [6, 6.07) is 10.6. The molecule has 0 amide bonds. The Morgan fingerprint density at radius 2 is 1.52 bits per heavy atom. The predicted octanol–water partition coefficient (Wildman–Crippen LogP) is 3.25. The maximum absolute atomic E-state index is 12.8. The van der Waals surface area contributed by atoms with Crippen LogP contribution in [0.1, 0.15) is 21.5 Å². The number of hydrogen-bond acceptors (Lipinski definition) is 4. The Bertz CT molecular complexity index is 640. The highest BCUT2D eigenvalue weighted by molar-refractivity contribution is 6.13. The highest BCUT2D eigenvalue weighted by Gasteiger charge is 2.21. The fourth-order valence-corrected chi connectivity index (χ4v) is 2.23. The third-order valence-electron chi connectivity index (χ3n) is 3.33. The van der Waals surface area contributed by atoms with Crippen molar-refractivity contribution in [3.05, 3.63) is 53.1 Å². The number of ketones is 1. The molecule has 0 fully saturated rings. The quantitative estimate of drug-likeness (QED) is 0.791. The zero-order valence-electron chi connectivity index (χ0n) is 12.6. The molecule has 0 atom stereocenters. The summed E-state index contributed by atoms with van der Waals surface area (Å²) < 4.78 is 15.7. The van der Waals surface area contributed by atoms with E-state index in [4.69, 9.17) is 14.2 Å². The molecule has 0 aliphatic carbocycles. The van der Waals surface area contributed by atoms with Crippen LogP contribution in [0.15, 0.2) is 36.4 Å². The van der Waals surface area contributed by atoms with Gasteiger partial charge in [-0.1, -0.05) is 6.07 Å². The smallest absolute Gasteiger partial charge is 0.200 e. The van der Waals surface area contributed by atoms with Crippen molar-refractivity contribution in [3.8, 4) is 17.2 Å². The Kier molecular flexibility index (Phi) is 4.48. The van der Waals surface area contributed by atoms with Crippen LogP contribution in [0.4, 0.5) is 0 Å². The average molecular weight is 286 g/mol. The van der Waals surface area contributed by atoms with Crippen LogP contribution in [0.25, 0.3) is 0 Å². The van der Waals surface area contributed by atoms with E-state index in [2.05, 4.69) is 0 Å². The molecule has 0 radical (unpaired) electrons. The van der Waals surface area contributed by atoms with Gasteiger partial charge < -0.3 is 14.2 Å². The van der Waals surface area contributed by atoms with Crippen LogP contribution in [0.2, 0.25) is 0 Å². The molecule has 0 aromatic heterocycles. The molecule has 2 rings (SSSR count). The van der Waals surface area contributed by atoms with Crippen molar-refractivity contribution in [1.82, 2.24) is 0 Å². The van der Waals surface area contributed by atoms with Gasteiger partial charge in [0.1, 0.15) is 22.8 Å². The molecule has 0 unspecified atom stereocenters. The van der Waals surface area contributed by atoms with Crippen molar-refractivity contribution >= 4 is 5.78 Å². The van der Waals surface area contributed by atoms with Gasteiger partial charge in [0.2, 0.25) is 5.78 Å². The van der Waals surface area contributed by atoms with Crippen LogP contribution < -0.4 is 14.2 Å². The number of benzene rings is 2. The highest BCUT2D eigenvalue weighted by atomic mass is 16.5. The molecule has 0 bridgehead atoms. The van der Waals surface area contributed by atoms with Gasteiger partial charge in [0.15, 0.2) is 0 Å². The van der Waals surface area contributed by atoms with Crippen molar-refractivity contribution in [3.63, 3.8) is 0 Å². The van der Waals surface area contributed by atoms with Gasteiger partial charge in [-0.2, -0.15) is 0 Å². The van der Waals surface area contributed by atoms with Crippen molar-refractivity contribution in [1.29, 1.82) is 0 Å². The summed E-state index contributed by atoms with van der Waals surface area (Å²) in [5, 5.41) is 0. The Balaban J connectivity index is 2.54. The van der Waals surface area contributed by atoms with E-state index in [1.54, 1.807) is 37.4 Å². The summed E-state index contributed by atoms with van der Waals surface area (Å²) in [4.78, 5) is 12.8. The van der Waals surface area contributed by atoms with Crippen LogP contribution in [-0.2, 0) is 0 Å². The van der Waals surface area contributed by atoms with Gasteiger partial charge in [-0.05, 0) is 42.8 Å². The summed E-state index contributed by atoms with van der Waals surface area (Å²) in [5.41, 5.74) is 1.86. The minimum absolute atomic E-state index is 0.135. The first-order chi connectivity index (χ1) is 10.1. The first-order valence-corrected chi connectivity index (χ1v) is 6.52. The molecule has 4 nitrogen and oxygen atoms in total. The monoisotopic (exact) mass is 286 g/mol.